The molecular formula is C18H40O2. The van der Waals surface area contributed by atoms with Crippen molar-refractivity contribution in [1.29, 1.82) is 0 Å². The molecule has 0 aliphatic carbocycles. The highest BCUT2D eigenvalue weighted by atomic mass is 16.3. The lowest BCUT2D eigenvalue weighted by Gasteiger charge is -2.15. The van der Waals surface area contributed by atoms with Crippen LogP contribution in [-0.4, -0.2) is 16.7 Å². The molecule has 0 aromatic heterocycles. The lowest BCUT2D eigenvalue weighted by Crippen LogP contribution is -2.03. The van der Waals surface area contributed by atoms with Gasteiger partial charge in [0.05, 0.1) is 6.10 Å². The topological polar surface area (TPSA) is 51.7 Å². The molecule has 124 valence electrons. The molecule has 0 amide bonds. The molecule has 0 rings (SSSR count). The van der Waals surface area contributed by atoms with Crippen LogP contribution in [0.15, 0.2) is 0 Å². The predicted molar refractivity (Wildman–Crippen MR) is 90.0 cm³/mol. The van der Waals surface area contributed by atoms with Crippen LogP contribution in [0.5, 0.6) is 0 Å². The van der Waals surface area contributed by atoms with Gasteiger partial charge in [0, 0.05) is 0 Å². The van der Waals surface area contributed by atoms with Gasteiger partial charge in [0.1, 0.15) is 0 Å². The van der Waals surface area contributed by atoms with Gasteiger partial charge in [-0.05, 0) is 31.1 Å². The smallest absolute Gasteiger partial charge is 0.0512 e. The SMILES string of the molecule is CC(C)CCCC(C)CCCC(C)CCCC(C)O.O. The second-order valence-electron chi connectivity index (χ2n) is 7.25. The van der Waals surface area contributed by atoms with E-state index in [-0.39, 0.29) is 11.6 Å². The maximum Gasteiger partial charge on any atom is 0.0512 e. The Hall–Kier alpha value is -0.0800. The van der Waals surface area contributed by atoms with Gasteiger partial charge in [-0.25, -0.2) is 0 Å². The minimum atomic E-state index is -0.117. The van der Waals surface area contributed by atoms with Crippen molar-refractivity contribution in [2.24, 2.45) is 17.8 Å². The molecule has 0 aliphatic rings. The van der Waals surface area contributed by atoms with Crippen molar-refractivity contribution in [3.8, 4) is 0 Å². The number of aliphatic hydroxyl groups excluding tert-OH is 1. The molecule has 0 bridgehead atoms. The Bertz CT molecular complexity index is 170. The van der Waals surface area contributed by atoms with Gasteiger partial charge in [0.2, 0.25) is 0 Å². The molecule has 3 atom stereocenters. The van der Waals surface area contributed by atoms with Gasteiger partial charge in [-0.2, -0.15) is 0 Å². The summed E-state index contributed by atoms with van der Waals surface area (Å²) in [5, 5.41) is 9.24. The van der Waals surface area contributed by atoms with Crippen LogP contribution >= 0.6 is 0 Å². The van der Waals surface area contributed by atoms with Crippen molar-refractivity contribution in [3.63, 3.8) is 0 Å². The van der Waals surface area contributed by atoms with Crippen LogP contribution in [0, 0.1) is 17.8 Å². The van der Waals surface area contributed by atoms with Gasteiger partial charge >= 0.3 is 0 Å². The summed E-state index contributed by atoms with van der Waals surface area (Å²) in [6.45, 7) is 11.3. The molecule has 0 fully saturated rings. The molecule has 0 saturated heterocycles. The van der Waals surface area contributed by atoms with E-state index >= 15 is 0 Å². The first-order valence-electron chi connectivity index (χ1n) is 8.59. The highest BCUT2D eigenvalue weighted by Gasteiger charge is 2.07. The average molecular weight is 289 g/mol. The molecule has 0 aromatic carbocycles. The van der Waals surface area contributed by atoms with Crippen LogP contribution in [0.3, 0.4) is 0 Å². The van der Waals surface area contributed by atoms with Crippen molar-refractivity contribution in [1.82, 2.24) is 0 Å². The molecule has 0 saturated carbocycles. The predicted octanol–water partition coefficient (Wildman–Crippen LogP) is 4.98. The number of hydrogen-bond acceptors (Lipinski definition) is 1. The summed E-state index contributed by atoms with van der Waals surface area (Å²) < 4.78 is 0. The average Bonchev–Trinajstić information content (AvgIpc) is 2.27. The zero-order valence-electron chi connectivity index (χ0n) is 14.6. The van der Waals surface area contributed by atoms with E-state index in [0.29, 0.717) is 0 Å². The van der Waals surface area contributed by atoms with Crippen LogP contribution in [0.1, 0.15) is 92.4 Å². The Morgan fingerprint density at radius 2 is 0.950 bits per heavy atom. The molecule has 0 aromatic rings. The lowest BCUT2D eigenvalue weighted by atomic mass is 9.92. The standard InChI is InChI=1S/C18H38O.H2O/c1-15(2)9-6-10-16(3)11-7-12-17(4)13-8-14-18(5)19;/h15-19H,6-14H2,1-5H3;1H2. The molecule has 20 heavy (non-hydrogen) atoms. The largest absolute Gasteiger partial charge is 0.412 e. The Balaban J connectivity index is 0. The number of aliphatic hydroxyl groups is 1. The summed E-state index contributed by atoms with van der Waals surface area (Å²) >= 11 is 0. The van der Waals surface area contributed by atoms with E-state index in [1.807, 2.05) is 6.92 Å². The normalized spacial score (nSPS) is 15.8. The van der Waals surface area contributed by atoms with E-state index in [0.717, 1.165) is 24.2 Å². The first kappa shape index (κ1) is 22.2. The minimum Gasteiger partial charge on any atom is -0.412 e. The molecule has 0 aliphatic heterocycles. The lowest BCUT2D eigenvalue weighted by molar-refractivity contribution is 0.178. The van der Waals surface area contributed by atoms with E-state index in [2.05, 4.69) is 27.7 Å². The first-order chi connectivity index (χ1) is 8.91. The zero-order valence-corrected chi connectivity index (χ0v) is 14.6. The van der Waals surface area contributed by atoms with Crippen molar-refractivity contribution < 1.29 is 10.6 Å². The van der Waals surface area contributed by atoms with Crippen LogP contribution in [0.2, 0.25) is 0 Å². The molecule has 2 nitrogen and oxygen atoms in total. The van der Waals surface area contributed by atoms with Gasteiger partial charge < -0.3 is 10.6 Å². The molecule has 0 heterocycles. The van der Waals surface area contributed by atoms with Crippen LogP contribution < -0.4 is 0 Å². The fourth-order valence-corrected chi connectivity index (χ4v) is 2.74. The van der Waals surface area contributed by atoms with Crippen molar-refractivity contribution in [2.75, 3.05) is 0 Å². The maximum atomic E-state index is 9.24. The molecule has 0 radical (unpaired) electrons. The summed E-state index contributed by atoms with van der Waals surface area (Å²) in [6, 6.07) is 0. The van der Waals surface area contributed by atoms with Gasteiger partial charge in [-0.1, -0.05) is 79.1 Å². The summed E-state index contributed by atoms with van der Waals surface area (Å²) in [5.41, 5.74) is 0. The maximum absolute atomic E-state index is 9.24. The van der Waals surface area contributed by atoms with E-state index < -0.39 is 0 Å². The third kappa shape index (κ3) is 16.0. The van der Waals surface area contributed by atoms with Crippen molar-refractivity contribution in [3.05, 3.63) is 0 Å². The quantitative estimate of drug-likeness (QED) is 0.541. The minimum absolute atomic E-state index is 0. The third-order valence-corrected chi connectivity index (χ3v) is 4.19. The van der Waals surface area contributed by atoms with E-state index in [9.17, 15) is 5.11 Å². The fraction of sp³-hybridized carbons (Fsp3) is 1.00. The molecule has 2 heteroatoms. The number of rotatable bonds is 12. The second-order valence-corrected chi connectivity index (χ2v) is 7.25. The van der Waals surface area contributed by atoms with Crippen LogP contribution in [-0.2, 0) is 0 Å². The fourth-order valence-electron chi connectivity index (χ4n) is 2.74. The van der Waals surface area contributed by atoms with E-state index in [1.54, 1.807) is 0 Å². The van der Waals surface area contributed by atoms with Crippen molar-refractivity contribution in [2.45, 2.75) is 98.5 Å². The van der Waals surface area contributed by atoms with Crippen molar-refractivity contribution >= 4 is 0 Å². The summed E-state index contributed by atoms with van der Waals surface area (Å²) in [4.78, 5) is 0. The molecule has 3 unspecified atom stereocenters. The van der Waals surface area contributed by atoms with Crippen LogP contribution in [0.25, 0.3) is 0 Å². The third-order valence-electron chi connectivity index (χ3n) is 4.19. The van der Waals surface area contributed by atoms with Crippen LogP contribution in [0.4, 0.5) is 0 Å². The number of hydrogen-bond donors (Lipinski definition) is 1. The van der Waals surface area contributed by atoms with E-state index in [1.165, 1.54) is 51.4 Å². The Morgan fingerprint density at radius 1 is 0.600 bits per heavy atom. The Morgan fingerprint density at radius 3 is 1.30 bits per heavy atom. The second kappa shape index (κ2) is 13.9. The Kier molecular flexibility index (Phi) is 15.4. The molecule has 3 N–H and O–H groups in total. The molecule has 0 spiro atoms. The monoisotopic (exact) mass is 288 g/mol. The first-order valence-corrected chi connectivity index (χ1v) is 8.59. The summed E-state index contributed by atoms with van der Waals surface area (Å²) in [7, 11) is 0. The Labute approximate surface area is 127 Å². The summed E-state index contributed by atoms with van der Waals surface area (Å²) in [6.07, 6.45) is 11.7. The highest BCUT2D eigenvalue weighted by molar-refractivity contribution is 4.60. The molecular weight excluding hydrogens is 248 g/mol. The zero-order chi connectivity index (χ0) is 14.7. The van der Waals surface area contributed by atoms with Gasteiger partial charge in [0.25, 0.3) is 0 Å². The highest BCUT2D eigenvalue weighted by Crippen LogP contribution is 2.21. The van der Waals surface area contributed by atoms with Gasteiger partial charge in [-0.3, -0.25) is 0 Å². The van der Waals surface area contributed by atoms with E-state index in [4.69, 9.17) is 0 Å². The van der Waals surface area contributed by atoms with Gasteiger partial charge in [-0.15, -0.1) is 0 Å². The summed E-state index contributed by atoms with van der Waals surface area (Å²) in [5.74, 6) is 2.60. The van der Waals surface area contributed by atoms with Gasteiger partial charge in [0.15, 0.2) is 0 Å².